The fourth-order valence-electron chi connectivity index (χ4n) is 4.63. The molecule has 0 aromatic heterocycles. The third kappa shape index (κ3) is 17.0. The van der Waals surface area contributed by atoms with Gasteiger partial charge in [0.15, 0.2) is 0 Å². The summed E-state index contributed by atoms with van der Waals surface area (Å²) in [6.07, 6.45) is 31.1. The Hall–Kier alpha value is 0.430. The van der Waals surface area contributed by atoms with E-state index in [2.05, 4.69) is 34.1 Å². The number of unbranched alkanes of at least 4 members (excludes halogenated alkanes) is 15. The molecule has 0 saturated heterocycles. The molecule has 0 aliphatic rings. The molecule has 0 aliphatic carbocycles. The maximum absolute atomic E-state index is 2.77. The van der Waals surface area contributed by atoms with Crippen LogP contribution in [-0.2, 0) is 0 Å². The Bertz CT molecular complexity index is 260. The Balaban J connectivity index is 4.29. The van der Waals surface area contributed by atoms with Crippen LogP contribution >= 0.6 is 6.60 Å². The van der Waals surface area contributed by atoms with Crippen LogP contribution < -0.4 is 0 Å². The summed E-state index contributed by atoms with van der Waals surface area (Å²) in [5.74, 6) is 0. The fourth-order valence-corrected chi connectivity index (χ4v) is 9.21. The van der Waals surface area contributed by atoms with Gasteiger partial charge in [0.1, 0.15) is 0 Å². The van der Waals surface area contributed by atoms with E-state index in [4.69, 9.17) is 0 Å². The molecule has 0 rings (SSSR count). The Kier molecular flexibility index (Phi) is 17.6. The molecule has 0 atom stereocenters. The van der Waals surface area contributed by atoms with Crippen molar-refractivity contribution >= 4 is 6.60 Å². The Morgan fingerprint density at radius 2 is 0.556 bits per heavy atom. The predicted molar refractivity (Wildman–Crippen MR) is 133 cm³/mol. The van der Waals surface area contributed by atoms with Crippen LogP contribution in [-0.4, -0.2) is 31.8 Å². The van der Waals surface area contributed by atoms with Crippen LogP contribution in [0.1, 0.15) is 136 Å². The van der Waals surface area contributed by atoms with Gasteiger partial charge in [-0.05, 0) is 0 Å². The summed E-state index contributed by atoms with van der Waals surface area (Å²) in [6, 6.07) is 0. The average molecular weight is 401 g/mol. The van der Waals surface area contributed by atoms with Gasteiger partial charge in [-0.25, -0.2) is 0 Å². The molecule has 0 fully saturated rings. The van der Waals surface area contributed by atoms with Crippen LogP contribution in [0.4, 0.5) is 0 Å². The standard InChI is InChI=1S/C26H57P/c1-6-9-12-15-18-21-24-27(4,5,25-22-19-16-13-10-7-2)26-23-20-17-14-11-8-3/h6-26H2,1-5H3. The zero-order chi connectivity index (χ0) is 20.3. The van der Waals surface area contributed by atoms with Crippen molar-refractivity contribution in [1.82, 2.24) is 0 Å². The van der Waals surface area contributed by atoms with E-state index in [0.717, 1.165) is 0 Å². The molecule has 0 bridgehead atoms. The molecule has 0 saturated carbocycles. The van der Waals surface area contributed by atoms with E-state index in [0.29, 0.717) is 0 Å². The summed E-state index contributed by atoms with van der Waals surface area (Å²) < 4.78 is 0. The Morgan fingerprint density at radius 1 is 0.333 bits per heavy atom. The van der Waals surface area contributed by atoms with Gasteiger partial charge >= 0.3 is 175 Å². The molecule has 0 radical (unpaired) electrons. The van der Waals surface area contributed by atoms with Crippen LogP contribution in [0.3, 0.4) is 0 Å². The minimum atomic E-state index is -1.44. The van der Waals surface area contributed by atoms with Crippen LogP contribution in [0.15, 0.2) is 0 Å². The first-order valence-electron chi connectivity index (χ1n) is 13.0. The van der Waals surface area contributed by atoms with E-state index in [1.165, 1.54) is 116 Å². The molecular weight excluding hydrogens is 343 g/mol. The van der Waals surface area contributed by atoms with Crippen molar-refractivity contribution in [3.63, 3.8) is 0 Å². The van der Waals surface area contributed by atoms with E-state index >= 15 is 0 Å². The van der Waals surface area contributed by atoms with Crippen molar-refractivity contribution in [2.75, 3.05) is 31.8 Å². The zero-order valence-electron chi connectivity index (χ0n) is 20.3. The van der Waals surface area contributed by atoms with Gasteiger partial charge in [-0.3, -0.25) is 0 Å². The second-order valence-corrected chi connectivity index (χ2v) is 17.9. The van der Waals surface area contributed by atoms with Crippen molar-refractivity contribution < 1.29 is 0 Å². The van der Waals surface area contributed by atoms with Crippen molar-refractivity contribution in [2.45, 2.75) is 136 Å². The van der Waals surface area contributed by atoms with Crippen molar-refractivity contribution in [1.29, 1.82) is 0 Å². The van der Waals surface area contributed by atoms with Crippen molar-refractivity contribution in [3.05, 3.63) is 0 Å². The first-order chi connectivity index (χ1) is 13.0. The molecule has 166 valence electrons. The van der Waals surface area contributed by atoms with Gasteiger partial charge in [0.05, 0.1) is 0 Å². The molecule has 1 heteroatoms. The molecule has 0 N–H and O–H groups in total. The fraction of sp³-hybridized carbons (Fsp3) is 1.00. The van der Waals surface area contributed by atoms with Gasteiger partial charge in [-0.15, -0.1) is 0 Å². The normalized spacial score (nSPS) is 13.6. The van der Waals surface area contributed by atoms with Gasteiger partial charge in [0.25, 0.3) is 0 Å². The molecule has 27 heavy (non-hydrogen) atoms. The molecule has 0 nitrogen and oxygen atoms in total. The van der Waals surface area contributed by atoms with Crippen molar-refractivity contribution in [3.8, 4) is 0 Å². The summed E-state index contributed by atoms with van der Waals surface area (Å²) in [4.78, 5) is 0. The molecule has 0 amide bonds. The van der Waals surface area contributed by atoms with Gasteiger partial charge in [0.2, 0.25) is 0 Å². The molecular formula is C26H57P. The van der Waals surface area contributed by atoms with Gasteiger partial charge < -0.3 is 0 Å². The summed E-state index contributed by atoms with van der Waals surface area (Å²) in [7, 11) is 0. The molecule has 0 aliphatic heterocycles. The summed E-state index contributed by atoms with van der Waals surface area (Å²) in [6.45, 7) is 11.1. The third-order valence-electron chi connectivity index (χ3n) is 6.83. The monoisotopic (exact) mass is 400 g/mol. The third-order valence-corrected chi connectivity index (χ3v) is 12.4. The first-order valence-corrected chi connectivity index (χ1v) is 16.7. The summed E-state index contributed by atoms with van der Waals surface area (Å²) in [5.41, 5.74) is 0. The number of rotatable bonds is 21. The van der Waals surface area contributed by atoms with Crippen molar-refractivity contribution in [2.24, 2.45) is 0 Å². The topological polar surface area (TPSA) is 0 Å². The molecule has 0 aromatic carbocycles. The summed E-state index contributed by atoms with van der Waals surface area (Å²) in [5, 5.41) is 0. The quantitative estimate of drug-likeness (QED) is 0.133. The average Bonchev–Trinajstić information content (AvgIpc) is 2.64. The first kappa shape index (κ1) is 27.4. The van der Waals surface area contributed by atoms with E-state index < -0.39 is 6.60 Å². The molecule has 0 aromatic rings. The number of hydrogen-bond donors (Lipinski definition) is 0. The number of hydrogen-bond acceptors (Lipinski definition) is 0. The van der Waals surface area contributed by atoms with E-state index in [1.54, 1.807) is 18.5 Å². The van der Waals surface area contributed by atoms with Gasteiger partial charge in [-0.1, -0.05) is 0 Å². The van der Waals surface area contributed by atoms with E-state index in [-0.39, 0.29) is 0 Å². The second kappa shape index (κ2) is 17.3. The SMILES string of the molecule is CCCCCCCCP(C)(C)(CCCCCCCC)CCCCCCCC. The summed E-state index contributed by atoms with van der Waals surface area (Å²) >= 11 is 0. The van der Waals surface area contributed by atoms with Crippen LogP contribution in [0.5, 0.6) is 0 Å². The van der Waals surface area contributed by atoms with Crippen LogP contribution in [0, 0.1) is 0 Å². The molecule has 0 heterocycles. The Morgan fingerprint density at radius 3 is 0.815 bits per heavy atom. The van der Waals surface area contributed by atoms with Crippen LogP contribution in [0.2, 0.25) is 0 Å². The maximum atomic E-state index is 2.77. The zero-order valence-corrected chi connectivity index (χ0v) is 21.2. The van der Waals surface area contributed by atoms with E-state index in [9.17, 15) is 0 Å². The van der Waals surface area contributed by atoms with Gasteiger partial charge in [0, 0.05) is 0 Å². The second-order valence-electron chi connectivity index (χ2n) is 10.5. The van der Waals surface area contributed by atoms with Crippen LogP contribution in [0.25, 0.3) is 0 Å². The Labute approximate surface area is 175 Å². The molecule has 0 unspecified atom stereocenters. The van der Waals surface area contributed by atoms with E-state index in [1.807, 2.05) is 0 Å². The van der Waals surface area contributed by atoms with Gasteiger partial charge in [-0.2, -0.15) is 0 Å². The predicted octanol–water partition coefficient (Wildman–Crippen LogP) is 9.88. The molecule has 0 spiro atoms. The minimum absolute atomic E-state index is 1.37.